The number of halogens is 1. The van der Waals surface area contributed by atoms with E-state index >= 15 is 4.39 Å². The molecule has 2 aromatic carbocycles. The van der Waals surface area contributed by atoms with Crippen molar-refractivity contribution in [2.24, 2.45) is 4.99 Å². The molecule has 1 saturated heterocycles. The van der Waals surface area contributed by atoms with Crippen molar-refractivity contribution in [1.29, 1.82) is 5.26 Å². The zero-order valence-electron chi connectivity index (χ0n) is 18.5. The van der Waals surface area contributed by atoms with E-state index < -0.39 is 28.1 Å². The molecule has 176 valence electrons. The summed E-state index contributed by atoms with van der Waals surface area (Å²) in [5.74, 6) is 5.57. The summed E-state index contributed by atoms with van der Waals surface area (Å²) < 4.78 is 31.3. The molecule has 4 rings (SSSR count). The molecule has 2 atom stereocenters. The van der Waals surface area contributed by atoms with Crippen LogP contribution in [0, 0.1) is 29.0 Å². The van der Waals surface area contributed by atoms with Crippen molar-refractivity contribution in [1.82, 2.24) is 14.3 Å². The number of guanidine groups is 1. The Balaban J connectivity index is 1.74. The van der Waals surface area contributed by atoms with Gasteiger partial charge in [0.1, 0.15) is 11.4 Å². The smallest absolute Gasteiger partial charge is 0.411 e. The second-order valence-electron chi connectivity index (χ2n) is 8.29. The van der Waals surface area contributed by atoms with Crippen molar-refractivity contribution < 1.29 is 18.8 Å². The van der Waals surface area contributed by atoms with Gasteiger partial charge in [-0.25, -0.2) is 18.9 Å². The van der Waals surface area contributed by atoms with E-state index in [9.17, 15) is 14.5 Å². The van der Waals surface area contributed by atoms with Crippen LogP contribution in [0.2, 0.25) is 0 Å². The molecule has 2 aliphatic rings. The van der Waals surface area contributed by atoms with Crippen molar-refractivity contribution >= 4 is 22.7 Å². The Hall–Kier alpha value is -3.57. The highest BCUT2D eigenvalue weighted by Gasteiger charge is 2.47. The van der Waals surface area contributed by atoms with Gasteiger partial charge in [0.05, 0.1) is 17.4 Å². The topological polar surface area (TPSA) is 121 Å². The fourth-order valence-corrected chi connectivity index (χ4v) is 6.74. The first-order chi connectivity index (χ1) is 16.2. The zero-order valence-corrected chi connectivity index (χ0v) is 19.3. The van der Waals surface area contributed by atoms with Crippen LogP contribution in [0.1, 0.15) is 42.0 Å². The van der Waals surface area contributed by atoms with E-state index in [1.165, 1.54) is 6.07 Å². The van der Waals surface area contributed by atoms with E-state index in [1.807, 2.05) is 0 Å². The van der Waals surface area contributed by atoms with Crippen LogP contribution in [0.5, 0.6) is 0 Å². The first-order valence-corrected chi connectivity index (χ1v) is 12.4. The molecule has 2 aromatic rings. The lowest BCUT2D eigenvalue weighted by Crippen LogP contribution is -2.55. The number of aliphatic imine (C=N–C) groups is 1. The monoisotopic (exact) mass is 481 g/mol. The number of hydrogen-bond acceptors (Lipinski definition) is 6. The number of amides is 1. The first kappa shape index (κ1) is 23.6. The van der Waals surface area contributed by atoms with Gasteiger partial charge in [-0.2, -0.15) is 5.26 Å². The maximum atomic E-state index is 15.1. The lowest BCUT2D eigenvalue weighted by atomic mass is 9.92. The summed E-state index contributed by atoms with van der Waals surface area (Å²) in [6, 6.07) is 13.3. The summed E-state index contributed by atoms with van der Waals surface area (Å²) in [4.78, 5) is 16.0. The maximum absolute atomic E-state index is 15.1. The predicted molar refractivity (Wildman–Crippen MR) is 129 cm³/mol. The Kier molecular flexibility index (Phi) is 6.49. The first-order valence-electron chi connectivity index (χ1n) is 10.7. The average Bonchev–Trinajstić information content (AvgIpc) is 2.99. The Morgan fingerprint density at radius 1 is 1.21 bits per heavy atom. The van der Waals surface area contributed by atoms with Gasteiger partial charge in [0.15, 0.2) is 0 Å². The van der Waals surface area contributed by atoms with Crippen LogP contribution in [0.15, 0.2) is 47.5 Å². The van der Waals surface area contributed by atoms with Crippen molar-refractivity contribution in [3.8, 4) is 17.9 Å². The van der Waals surface area contributed by atoms with Gasteiger partial charge < -0.3 is 9.66 Å². The number of nitrogens with zero attached hydrogens (tertiary/aromatic N) is 3. The minimum Gasteiger partial charge on any atom is -0.465 e. The van der Waals surface area contributed by atoms with Crippen LogP contribution in [0.3, 0.4) is 0 Å². The lowest BCUT2D eigenvalue weighted by Gasteiger charge is -2.51. The minimum atomic E-state index is -2.66. The number of nitriles is 1. The van der Waals surface area contributed by atoms with Crippen molar-refractivity contribution in [3.05, 3.63) is 70.5 Å². The summed E-state index contributed by atoms with van der Waals surface area (Å²) in [5, 5.41) is 20.5. The summed E-state index contributed by atoms with van der Waals surface area (Å²) in [6.07, 6.45) is 0.266. The van der Waals surface area contributed by atoms with E-state index in [4.69, 9.17) is 5.26 Å². The van der Waals surface area contributed by atoms with E-state index in [0.29, 0.717) is 29.8 Å². The second-order valence-corrected chi connectivity index (χ2v) is 10.6. The highest BCUT2D eigenvalue weighted by molar-refractivity contribution is 8.26. The van der Waals surface area contributed by atoms with E-state index in [1.54, 1.807) is 47.6 Å². The van der Waals surface area contributed by atoms with Crippen molar-refractivity contribution in [3.63, 3.8) is 0 Å². The Bertz CT molecular complexity index is 1250. The lowest BCUT2D eigenvalue weighted by molar-refractivity contribution is 0.199. The number of fused-ring (bicyclic) bond motifs is 1. The van der Waals surface area contributed by atoms with Crippen LogP contribution in [-0.2, 0) is 5.54 Å². The quantitative estimate of drug-likeness (QED) is 0.461. The van der Waals surface area contributed by atoms with Gasteiger partial charge in [-0.3, -0.25) is 9.62 Å². The normalized spacial score (nSPS) is 25.8. The fourth-order valence-electron chi connectivity index (χ4n) is 4.05. The summed E-state index contributed by atoms with van der Waals surface area (Å²) in [5.41, 5.74) is 0.770. The molecular weight excluding hydrogens is 457 g/mol. The highest BCUT2D eigenvalue weighted by atomic mass is 32.3. The summed E-state index contributed by atoms with van der Waals surface area (Å²) >= 11 is 0. The number of rotatable bonds is 1. The van der Waals surface area contributed by atoms with Gasteiger partial charge in [-0.05, 0) is 62.2 Å². The van der Waals surface area contributed by atoms with Gasteiger partial charge in [0, 0.05) is 40.5 Å². The third-order valence-electron chi connectivity index (χ3n) is 5.69. The summed E-state index contributed by atoms with van der Waals surface area (Å²) in [7, 11) is -2.66. The molecule has 1 fully saturated rings. The largest absolute Gasteiger partial charge is 0.465 e. The molecular formula is C24H24FN5O3S. The van der Waals surface area contributed by atoms with Gasteiger partial charge in [0.25, 0.3) is 0 Å². The molecule has 4 N–H and O–H groups in total. The highest BCUT2D eigenvalue weighted by Crippen LogP contribution is 2.53. The SMILES string of the molecule is C[C@@]1(c2cc(C#Cc3ccc(C#N)cc3)ccc2F)CS2(O)NCCCCN2C(NC(=O)O)=N1. The molecule has 0 spiro atoms. The number of benzene rings is 2. The molecule has 10 heteroatoms. The molecule has 0 aromatic heterocycles. The predicted octanol–water partition coefficient (Wildman–Crippen LogP) is 3.74. The van der Waals surface area contributed by atoms with Gasteiger partial charge in [0.2, 0.25) is 5.96 Å². The molecule has 2 aliphatic heterocycles. The Morgan fingerprint density at radius 2 is 1.88 bits per heavy atom. The molecule has 0 aliphatic carbocycles. The molecule has 34 heavy (non-hydrogen) atoms. The van der Waals surface area contributed by atoms with E-state index in [2.05, 4.69) is 32.9 Å². The van der Waals surface area contributed by atoms with Crippen LogP contribution < -0.4 is 10.0 Å². The number of carbonyl (C=O) groups is 1. The van der Waals surface area contributed by atoms with Crippen molar-refractivity contribution in [2.45, 2.75) is 25.3 Å². The minimum absolute atomic E-state index is 0.00150. The summed E-state index contributed by atoms with van der Waals surface area (Å²) in [6.45, 7) is 2.69. The van der Waals surface area contributed by atoms with Crippen LogP contribution in [0.4, 0.5) is 9.18 Å². The van der Waals surface area contributed by atoms with Crippen LogP contribution in [-0.4, -0.2) is 44.9 Å². The number of nitrogens with one attached hydrogen (secondary N) is 2. The fraction of sp³-hybridized carbons (Fsp3) is 0.292. The zero-order chi connectivity index (χ0) is 24.3. The van der Waals surface area contributed by atoms with E-state index in [-0.39, 0.29) is 17.3 Å². The molecule has 0 bridgehead atoms. The molecule has 8 nitrogen and oxygen atoms in total. The van der Waals surface area contributed by atoms with Gasteiger partial charge >= 0.3 is 6.09 Å². The van der Waals surface area contributed by atoms with Crippen molar-refractivity contribution in [2.75, 3.05) is 18.8 Å². The van der Waals surface area contributed by atoms with E-state index in [0.717, 1.165) is 12.8 Å². The standard InChI is InChI=1S/C24H24FN5O3S/c1-24(16-34(33)27-12-2-3-13-30(34)22(29-24)28-23(31)32)20-14-18(10-11-21(20)25)7-4-17-5-8-19(15-26)9-6-17/h5-6,8-11,14,27,33H,2-3,12-13,16H2,1H3,(H,28,29)(H,31,32)/t24-/m0/s1. The average molecular weight is 482 g/mol. The molecule has 1 unspecified atom stereocenters. The number of hydrogen-bond donors (Lipinski definition) is 4. The Labute approximate surface area is 198 Å². The third kappa shape index (κ3) is 4.85. The molecule has 1 amide bonds. The molecule has 0 radical (unpaired) electrons. The van der Waals surface area contributed by atoms with Crippen LogP contribution >= 0.6 is 10.7 Å². The Morgan fingerprint density at radius 3 is 2.59 bits per heavy atom. The third-order valence-corrected chi connectivity index (χ3v) is 8.40. The maximum Gasteiger partial charge on any atom is 0.411 e. The molecule has 0 saturated carbocycles. The van der Waals surface area contributed by atoms with Gasteiger partial charge in [-0.15, -0.1) is 0 Å². The van der Waals surface area contributed by atoms with Crippen LogP contribution in [0.25, 0.3) is 0 Å². The number of carboxylic acid groups (broad SMARTS) is 1. The van der Waals surface area contributed by atoms with Gasteiger partial charge in [-0.1, -0.05) is 11.8 Å². The second kappa shape index (κ2) is 9.35. The molecule has 2 heterocycles.